The van der Waals surface area contributed by atoms with Gasteiger partial charge in [0, 0.05) is 18.7 Å². The quantitative estimate of drug-likeness (QED) is 0.945. The highest BCUT2D eigenvalue weighted by atomic mass is 16.5. The second kappa shape index (κ2) is 6.58. The standard InChI is InChI=1S/C17H19N3O2/c1-13-11-15(19-17(21)14-5-3-2-4-6-14)18-16(12-13)20-7-9-22-10-8-20/h2-6,11-12H,7-10H2,1H3,(H,18,19,21). The molecule has 0 bridgehead atoms. The topological polar surface area (TPSA) is 54.5 Å². The fourth-order valence-electron chi connectivity index (χ4n) is 2.45. The molecule has 1 N–H and O–H groups in total. The minimum absolute atomic E-state index is 0.147. The van der Waals surface area contributed by atoms with E-state index in [1.807, 2.05) is 37.3 Å². The fourth-order valence-corrected chi connectivity index (χ4v) is 2.45. The molecule has 5 heteroatoms. The van der Waals surface area contributed by atoms with E-state index in [2.05, 4.69) is 15.2 Å². The van der Waals surface area contributed by atoms with Gasteiger partial charge < -0.3 is 15.0 Å². The number of aryl methyl sites for hydroxylation is 1. The lowest BCUT2D eigenvalue weighted by molar-refractivity contribution is 0.102. The van der Waals surface area contributed by atoms with Crippen molar-refractivity contribution in [3.8, 4) is 0 Å². The number of nitrogens with one attached hydrogen (secondary N) is 1. The van der Waals surface area contributed by atoms with Gasteiger partial charge in [0.05, 0.1) is 13.2 Å². The Morgan fingerprint density at radius 2 is 1.91 bits per heavy atom. The first-order chi connectivity index (χ1) is 10.7. The smallest absolute Gasteiger partial charge is 0.256 e. The molecule has 0 atom stereocenters. The van der Waals surface area contributed by atoms with Gasteiger partial charge in [-0.05, 0) is 36.8 Å². The van der Waals surface area contributed by atoms with Crippen LogP contribution in [0.15, 0.2) is 42.5 Å². The molecule has 0 radical (unpaired) electrons. The van der Waals surface area contributed by atoms with E-state index in [0.717, 1.165) is 24.5 Å². The van der Waals surface area contributed by atoms with Crippen molar-refractivity contribution in [3.05, 3.63) is 53.6 Å². The van der Waals surface area contributed by atoms with Gasteiger partial charge in [-0.25, -0.2) is 4.98 Å². The number of hydrogen-bond acceptors (Lipinski definition) is 4. The van der Waals surface area contributed by atoms with Crippen molar-refractivity contribution in [1.82, 2.24) is 4.98 Å². The summed E-state index contributed by atoms with van der Waals surface area (Å²) < 4.78 is 5.36. The number of aromatic nitrogens is 1. The van der Waals surface area contributed by atoms with Crippen LogP contribution in [0.1, 0.15) is 15.9 Å². The Morgan fingerprint density at radius 1 is 1.18 bits per heavy atom. The average Bonchev–Trinajstić information content (AvgIpc) is 2.56. The van der Waals surface area contributed by atoms with Crippen LogP contribution in [0.4, 0.5) is 11.6 Å². The molecule has 1 aromatic carbocycles. The molecule has 22 heavy (non-hydrogen) atoms. The monoisotopic (exact) mass is 297 g/mol. The Labute approximate surface area is 129 Å². The van der Waals surface area contributed by atoms with Crippen molar-refractivity contribution in [2.75, 3.05) is 36.5 Å². The summed E-state index contributed by atoms with van der Waals surface area (Å²) in [5.74, 6) is 1.31. The van der Waals surface area contributed by atoms with Crippen molar-refractivity contribution >= 4 is 17.5 Å². The number of nitrogens with zero attached hydrogens (tertiary/aromatic N) is 2. The molecule has 114 valence electrons. The van der Waals surface area contributed by atoms with Crippen LogP contribution in [0.2, 0.25) is 0 Å². The number of hydrogen-bond donors (Lipinski definition) is 1. The van der Waals surface area contributed by atoms with E-state index < -0.39 is 0 Å². The third-order valence-electron chi connectivity index (χ3n) is 3.57. The number of anilines is 2. The van der Waals surface area contributed by atoms with E-state index in [1.54, 1.807) is 12.1 Å². The lowest BCUT2D eigenvalue weighted by Crippen LogP contribution is -2.36. The molecule has 0 unspecified atom stereocenters. The van der Waals surface area contributed by atoms with Gasteiger partial charge in [-0.15, -0.1) is 0 Å². The van der Waals surface area contributed by atoms with Crippen LogP contribution in [0, 0.1) is 6.92 Å². The molecule has 0 saturated carbocycles. The van der Waals surface area contributed by atoms with E-state index in [4.69, 9.17) is 4.74 Å². The van der Waals surface area contributed by atoms with Crippen LogP contribution in [-0.4, -0.2) is 37.2 Å². The van der Waals surface area contributed by atoms with Crippen LogP contribution in [0.3, 0.4) is 0 Å². The Bertz CT molecular complexity index is 652. The molecule has 1 fully saturated rings. The fraction of sp³-hybridized carbons (Fsp3) is 0.294. The number of benzene rings is 1. The molecular formula is C17H19N3O2. The van der Waals surface area contributed by atoms with Gasteiger partial charge in [-0.1, -0.05) is 18.2 Å². The molecule has 1 amide bonds. The van der Waals surface area contributed by atoms with Crippen LogP contribution in [-0.2, 0) is 4.74 Å². The lowest BCUT2D eigenvalue weighted by atomic mass is 10.2. The zero-order valence-corrected chi connectivity index (χ0v) is 12.6. The first-order valence-electron chi connectivity index (χ1n) is 7.40. The van der Waals surface area contributed by atoms with Gasteiger partial charge in [-0.3, -0.25) is 4.79 Å². The summed E-state index contributed by atoms with van der Waals surface area (Å²) in [6.45, 7) is 5.07. The predicted molar refractivity (Wildman–Crippen MR) is 86.4 cm³/mol. The average molecular weight is 297 g/mol. The summed E-state index contributed by atoms with van der Waals surface area (Å²) in [6.07, 6.45) is 0. The molecule has 3 rings (SSSR count). The zero-order valence-electron chi connectivity index (χ0n) is 12.6. The second-order valence-corrected chi connectivity index (χ2v) is 5.31. The molecule has 1 aromatic heterocycles. The van der Waals surface area contributed by atoms with E-state index in [1.165, 1.54) is 0 Å². The summed E-state index contributed by atoms with van der Waals surface area (Å²) >= 11 is 0. The van der Waals surface area contributed by atoms with Crippen LogP contribution >= 0.6 is 0 Å². The van der Waals surface area contributed by atoms with Gasteiger partial charge in [0.15, 0.2) is 0 Å². The summed E-state index contributed by atoms with van der Waals surface area (Å²) in [7, 11) is 0. The molecule has 5 nitrogen and oxygen atoms in total. The van der Waals surface area contributed by atoms with Gasteiger partial charge in [0.2, 0.25) is 0 Å². The first-order valence-corrected chi connectivity index (χ1v) is 7.40. The minimum atomic E-state index is -0.147. The number of ether oxygens (including phenoxy) is 1. The maximum atomic E-state index is 12.2. The number of rotatable bonds is 3. The van der Waals surface area contributed by atoms with Crippen molar-refractivity contribution in [3.63, 3.8) is 0 Å². The Hall–Kier alpha value is -2.40. The number of amides is 1. The summed E-state index contributed by atoms with van der Waals surface area (Å²) in [5.41, 5.74) is 1.69. The molecule has 2 aromatic rings. The third-order valence-corrected chi connectivity index (χ3v) is 3.57. The highest BCUT2D eigenvalue weighted by Gasteiger charge is 2.14. The summed E-state index contributed by atoms with van der Waals surface area (Å²) in [4.78, 5) is 19.0. The van der Waals surface area contributed by atoms with Crippen molar-refractivity contribution < 1.29 is 9.53 Å². The van der Waals surface area contributed by atoms with Crippen LogP contribution in [0.25, 0.3) is 0 Å². The Morgan fingerprint density at radius 3 is 2.64 bits per heavy atom. The number of morpholine rings is 1. The van der Waals surface area contributed by atoms with Gasteiger partial charge in [-0.2, -0.15) is 0 Å². The predicted octanol–water partition coefficient (Wildman–Crippen LogP) is 2.48. The minimum Gasteiger partial charge on any atom is -0.378 e. The molecule has 1 aliphatic rings. The van der Waals surface area contributed by atoms with Crippen molar-refractivity contribution in [2.24, 2.45) is 0 Å². The van der Waals surface area contributed by atoms with E-state index in [0.29, 0.717) is 24.6 Å². The van der Waals surface area contributed by atoms with E-state index in [9.17, 15) is 4.79 Å². The third kappa shape index (κ3) is 3.43. The molecule has 1 aliphatic heterocycles. The largest absolute Gasteiger partial charge is 0.378 e. The first kappa shape index (κ1) is 14.5. The van der Waals surface area contributed by atoms with Crippen LogP contribution in [0.5, 0.6) is 0 Å². The van der Waals surface area contributed by atoms with Crippen LogP contribution < -0.4 is 10.2 Å². The maximum Gasteiger partial charge on any atom is 0.256 e. The Kier molecular flexibility index (Phi) is 4.34. The van der Waals surface area contributed by atoms with Crippen molar-refractivity contribution in [2.45, 2.75) is 6.92 Å². The highest BCUT2D eigenvalue weighted by Crippen LogP contribution is 2.19. The molecule has 2 heterocycles. The van der Waals surface area contributed by atoms with Gasteiger partial charge in [0.25, 0.3) is 5.91 Å². The molecular weight excluding hydrogens is 278 g/mol. The summed E-state index contributed by atoms with van der Waals surface area (Å²) in [5, 5.41) is 2.87. The molecule has 0 aliphatic carbocycles. The Balaban J connectivity index is 1.79. The lowest BCUT2D eigenvalue weighted by Gasteiger charge is -2.28. The molecule has 0 spiro atoms. The summed E-state index contributed by atoms with van der Waals surface area (Å²) in [6, 6.07) is 13.1. The number of carbonyl (C=O) groups excluding carboxylic acids is 1. The normalized spacial score (nSPS) is 14.7. The van der Waals surface area contributed by atoms with E-state index >= 15 is 0 Å². The zero-order chi connectivity index (χ0) is 15.4. The number of pyridine rings is 1. The van der Waals surface area contributed by atoms with Gasteiger partial charge in [0.1, 0.15) is 11.6 Å². The van der Waals surface area contributed by atoms with Gasteiger partial charge >= 0.3 is 0 Å². The highest BCUT2D eigenvalue weighted by molar-refractivity contribution is 6.03. The maximum absolute atomic E-state index is 12.2. The number of carbonyl (C=O) groups is 1. The van der Waals surface area contributed by atoms with Crippen molar-refractivity contribution in [1.29, 1.82) is 0 Å². The second-order valence-electron chi connectivity index (χ2n) is 5.31. The SMILES string of the molecule is Cc1cc(NC(=O)c2ccccc2)nc(N2CCOCC2)c1. The van der Waals surface area contributed by atoms with E-state index in [-0.39, 0.29) is 5.91 Å². The molecule has 1 saturated heterocycles.